The van der Waals surface area contributed by atoms with E-state index in [0.29, 0.717) is 11.3 Å². The average molecular weight is 411 g/mol. The summed E-state index contributed by atoms with van der Waals surface area (Å²) in [6, 6.07) is 29.1. The van der Waals surface area contributed by atoms with Crippen LogP contribution in [0.3, 0.4) is 0 Å². The lowest BCUT2D eigenvalue weighted by atomic mass is 9.91. The second-order valence-corrected chi connectivity index (χ2v) is 8.44. The topological polar surface area (TPSA) is 25.8 Å². The van der Waals surface area contributed by atoms with Crippen molar-refractivity contribution in [3.63, 3.8) is 0 Å². The van der Waals surface area contributed by atoms with Crippen LogP contribution in [-0.2, 0) is 5.67 Å². The molecule has 0 saturated heterocycles. The van der Waals surface area contributed by atoms with E-state index >= 15 is 4.39 Å². The van der Waals surface area contributed by atoms with Crippen LogP contribution >= 0.6 is 11.3 Å². The van der Waals surface area contributed by atoms with Crippen LogP contribution in [-0.4, -0.2) is 9.97 Å². The van der Waals surface area contributed by atoms with Gasteiger partial charge in [-0.2, -0.15) is 0 Å². The molecule has 0 fully saturated rings. The van der Waals surface area contributed by atoms with Crippen molar-refractivity contribution in [3.8, 4) is 21.8 Å². The number of hydrogen-bond donors (Lipinski definition) is 0. The Bertz CT molecular complexity index is 1290. The van der Waals surface area contributed by atoms with Gasteiger partial charge in [-0.1, -0.05) is 48.5 Å². The zero-order valence-electron chi connectivity index (χ0n) is 16.4. The molecular weight excluding hydrogens is 391 g/mol. The first kappa shape index (κ1) is 18.6. The predicted molar refractivity (Wildman–Crippen MR) is 122 cm³/mol. The lowest BCUT2D eigenvalue weighted by Crippen LogP contribution is -2.19. The molecule has 146 valence electrons. The van der Waals surface area contributed by atoms with E-state index in [1.54, 1.807) is 36.6 Å². The first-order valence-corrected chi connectivity index (χ1v) is 10.6. The standard InChI is InChI=1S/C26H19FN2S/c1-26(27,20-10-6-9-18(16-20)21-11-4-5-15-28-21)25-14-7-12-22(29-25)24-17-19-8-2-3-13-23(19)30-24/h2-17H,1H3. The largest absolute Gasteiger partial charge is 0.256 e. The number of alkyl halides is 1. The molecule has 4 heteroatoms. The first-order valence-electron chi connectivity index (χ1n) is 9.79. The maximum atomic E-state index is 16.1. The summed E-state index contributed by atoms with van der Waals surface area (Å²) in [5.74, 6) is 0. The quantitative estimate of drug-likeness (QED) is 0.312. The number of pyridine rings is 2. The number of thiophene rings is 1. The van der Waals surface area contributed by atoms with Crippen LogP contribution < -0.4 is 0 Å². The van der Waals surface area contributed by atoms with Crippen molar-refractivity contribution in [2.24, 2.45) is 0 Å². The van der Waals surface area contributed by atoms with Gasteiger partial charge in [0.05, 0.1) is 22.0 Å². The minimum atomic E-state index is -1.72. The maximum absolute atomic E-state index is 16.1. The Morgan fingerprint density at radius 1 is 0.800 bits per heavy atom. The van der Waals surface area contributed by atoms with E-state index in [1.165, 1.54) is 10.1 Å². The fraction of sp³-hybridized carbons (Fsp3) is 0.0769. The van der Waals surface area contributed by atoms with Crippen LogP contribution in [0.2, 0.25) is 0 Å². The number of nitrogens with zero attached hydrogens (tertiary/aromatic N) is 2. The molecule has 2 aromatic carbocycles. The van der Waals surface area contributed by atoms with E-state index in [9.17, 15) is 0 Å². The molecule has 0 saturated carbocycles. The SMILES string of the molecule is CC(F)(c1cccc(-c2ccccn2)c1)c1cccc(-c2cc3ccccc3s2)n1. The Morgan fingerprint density at radius 3 is 2.43 bits per heavy atom. The summed E-state index contributed by atoms with van der Waals surface area (Å²) >= 11 is 1.67. The second kappa shape index (κ2) is 7.47. The number of aromatic nitrogens is 2. The molecule has 0 aliphatic heterocycles. The Kier molecular flexibility index (Phi) is 4.64. The Hall–Kier alpha value is -3.37. The normalized spacial score (nSPS) is 13.3. The van der Waals surface area contributed by atoms with Gasteiger partial charge < -0.3 is 0 Å². The number of hydrogen-bond acceptors (Lipinski definition) is 3. The van der Waals surface area contributed by atoms with Gasteiger partial charge in [0.2, 0.25) is 0 Å². The summed E-state index contributed by atoms with van der Waals surface area (Å²) in [4.78, 5) is 10.1. The van der Waals surface area contributed by atoms with Gasteiger partial charge in [0.15, 0.2) is 5.67 Å². The molecule has 0 aliphatic carbocycles. The minimum Gasteiger partial charge on any atom is -0.256 e. The van der Waals surface area contributed by atoms with Crippen molar-refractivity contribution in [2.45, 2.75) is 12.6 Å². The third kappa shape index (κ3) is 3.40. The third-order valence-corrected chi connectivity index (χ3v) is 6.41. The summed E-state index contributed by atoms with van der Waals surface area (Å²) in [5, 5.41) is 1.18. The van der Waals surface area contributed by atoms with Gasteiger partial charge in [-0.15, -0.1) is 11.3 Å². The van der Waals surface area contributed by atoms with Crippen LogP contribution in [0.5, 0.6) is 0 Å². The maximum Gasteiger partial charge on any atom is 0.174 e. The summed E-state index contributed by atoms with van der Waals surface area (Å²) in [7, 11) is 0. The monoisotopic (exact) mass is 410 g/mol. The molecule has 0 spiro atoms. The molecule has 0 aliphatic rings. The highest BCUT2D eigenvalue weighted by Crippen LogP contribution is 2.37. The highest BCUT2D eigenvalue weighted by atomic mass is 32.1. The molecule has 0 N–H and O–H groups in total. The molecule has 0 radical (unpaired) electrons. The molecule has 3 heterocycles. The lowest BCUT2D eigenvalue weighted by Gasteiger charge is -2.21. The molecule has 0 amide bonds. The Labute approximate surface area is 178 Å². The van der Waals surface area contributed by atoms with E-state index in [0.717, 1.165) is 21.8 Å². The molecule has 5 rings (SSSR count). The molecular formula is C26H19FN2S. The third-order valence-electron chi connectivity index (χ3n) is 5.27. The van der Waals surface area contributed by atoms with E-state index in [-0.39, 0.29) is 0 Å². The molecule has 30 heavy (non-hydrogen) atoms. The summed E-state index contributed by atoms with van der Waals surface area (Å²) in [5.41, 5.74) is 1.73. The molecule has 0 bridgehead atoms. The minimum absolute atomic E-state index is 0.399. The zero-order valence-corrected chi connectivity index (χ0v) is 17.2. The van der Waals surface area contributed by atoms with Crippen molar-refractivity contribution >= 4 is 21.4 Å². The smallest absolute Gasteiger partial charge is 0.174 e. The summed E-state index contributed by atoms with van der Waals surface area (Å²) < 4.78 is 17.3. The Morgan fingerprint density at radius 2 is 1.60 bits per heavy atom. The zero-order chi connectivity index (χ0) is 20.6. The van der Waals surface area contributed by atoms with Gasteiger partial charge in [-0.05, 0) is 60.3 Å². The fourth-order valence-corrected chi connectivity index (χ4v) is 4.63. The molecule has 3 aromatic heterocycles. The van der Waals surface area contributed by atoms with E-state index < -0.39 is 5.67 Å². The molecule has 2 nitrogen and oxygen atoms in total. The van der Waals surface area contributed by atoms with E-state index in [1.807, 2.05) is 60.7 Å². The molecule has 1 unspecified atom stereocenters. The van der Waals surface area contributed by atoms with E-state index in [4.69, 9.17) is 4.98 Å². The van der Waals surface area contributed by atoms with Gasteiger partial charge in [-0.3, -0.25) is 4.98 Å². The molecule has 1 atom stereocenters. The first-order chi connectivity index (χ1) is 14.6. The number of rotatable bonds is 4. The summed E-state index contributed by atoms with van der Waals surface area (Å²) in [6.45, 7) is 1.57. The second-order valence-electron chi connectivity index (χ2n) is 7.36. The number of fused-ring (bicyclic) bond motifs is 1. The summed E-state index contributed by atoms with van der Waals surface area (Å²) in [6.07, 6.45) is 1.74. The fourth-order valence-electron chi connectivity index (χ4n) is 3.59. The van der Waals surface area contributed by atoms with Gasteiger partial charge >= 0.3 is 0 Å². The average Bonchev–Trinajstić information content (AvgIpc) is 3.24. The van der Waals surface area contributed by atoms with Gasteiger partial charge in [0.1, 0.15) is 0 Å². The van der Waals surface area contributed by atoms with Crippen LogP contribution in [0.15, 0.2) is 97.2 Å². The van der Waals surface area contributed by atoms with Crippen molar-refractivity contribution in [3.05, 3.63) is 108 Å². The number of halogens is 1. The highest BCUT2D eigenvalue weighted by molar-refractivity contribution is 7.22. The van der Waals surface area contributed by atoms with Crippen molar-refractivity contribution in [1.82, 2.24) is 9.97 Å². The van der Waals surface area contributed by atoms with Crippen molar-refractivity contribution < 1.29 is 4.39 Å². The number of benzene rings is 2. The predicted octanol–water partition coefficient (Wildman–Crippen LogP) is 7.26. The lowest BCUT2D eigenvalue weighted by molar-refractivity contribution is 0.244. The van der Waals surface area contributed by atoms with Gasteiger partial charge in [0.25, 0.3) is 0 Å². The van der Waals surface area contributed by atoms with Gasteiger partial charge in [-0.25, -0.2) is 9.37 Å². The Balaban J connectivity index is 1.54. The highest BCUT2D eigenvalue weighted by Gasteiger charge is 2.30. The van der Waals surface area contributed by atoms with Crippen LogP contribution in [0.1, 0.15) is 18.2 Å². The van der Waals surface area contributed by atoms with Crippen LogP contribution in [0.4, 0.5) is 4.39 Å². The van der Waals surface area contributed by atoms with Crippen LogP contribution in [0, 0.1) is 0 Å². The van der Waals surface area contributed by atoms with Crippen LogP contribution in [0.25, 0.3) is 31.9 Å². The molecule has 5 aromatic rings. The van der Waals surface area contributed by atoms with Crippen molar-refractivity contribution in [2.75, 3.05) is 0 Å². The van der Waals surface area contributed by atoms with E-state index in [2.05, 4.69) is 23.2 Å². The van der Waals surface area contributed by atoms with Gasteiger partial charge in [0, 0.05) is 16.5 Å². The van der Waals surface area contributed by atoms with Crippen molar-refractivity contribution in [1.29, 1.82) is 0 Å².